The summed E-state index contributed by atoms with van der Waals surface area (Å²) in [5, 5.41) is 3.46. The second-order valence-corrected chi connectivity index (χ2v) is 4.28. The highest BCUT2D eigenvalue weighted by Gasteiger charge is 2.36. The minimum Gasteiger partial charge on any atom is -0.312 e. The smallest absolute Gasteiger partial charge is 0.0312 e. The Morgan fingerprint density at radius 3 is 3.00 bits per heavy atom. The Bertz CT molecular complexity index is 265. The van der Waals surface area contributed by atoms with E-state index in [2.05, 4.69) is 23.3 Å². The average Bonchev–Trinajstić information content (AvgIpc) is 2.86. The van der Waals surface area contributed by atoms with Crippen molar-refractivity contribution in [3.05, 3.63) is 30.1 Å². The Labute approximate surface area is 79.4 Å². The summed E-state index contributed by atoms with van der Waals surface area (Å²) in [5.41, 5.74) is 1.87. The van der Waals surface area contributed by atoms with Crippen molar-refractivity contribution in [1.29, 1.82) is 0 Å². The second kappa shape index (κ2) is 3.46. The molecule has 0 aliphatic heterocycles. The van der Waals surface area contributed by atoms with E-state index in [-0.39, 0.29) is 0 Å². The molecule has 2 nitrogen and oxygen atoms in total. The topological polar surface area (TPSA) is 24.9 Å². The highest BCUT2D eigenvalue weighted by molar-refractivity contribution is 5.08. The molecule has 0 amide bonds. The molecule has 1 aromatic rings. The third kappa shape index (κ3) is 2.52. The van der Waals surface area contributed by atoms with Gasteiger partial charge in [-0.3, -0.25) is 4.98 Å². The van der Waals surface area contributed by atoms with Crippen molar-refractivity contribution in [2.24, 2.45) is 5.41 Å². The molecule has 1 heterocycles. The van der Waals surface area contributed by atoms with E-state index < -0.39 is 0 Å². The SMILES string of the molecule is CC1(CNCc2cccnc2)CC1. The highest BCUT2D eigenvalue weighted by atomic mass is 14.9. The first-order valence-electron chi connectivity index (χ1n) is 4.88. The molecular weight excluding hydrogens is 160 g/mol. The zero-order chi connectivity index (χ0) is 9.15. The maximum absolute atomic E-state index is 4.08. The van der Waals surface area contributed by atoms with Crippen molar-refractivity contribution in [3.8, 4) is 0 Å². The lowest BCUT2D eigenvalue weighted by Gasteiger charge is -2.09. The maximum Gasteiger partial charge on any atom is 0.0312 e. The zero-order valence-electron chi connectivity index (χ0n) is 8.09. The molecule has 1 fully saturated rings. The van der Waals surface area contributed by atoms with Gasteiger partial charge < -0.3 is 5.32 Å². The van der Waals surface area contributed by atoms with Crippen LogP contribution in [0.25, 0.3) is 0 Å². The van der Waals surface area contributed by atoms with Gasteiger partial charge in [0.2, 0.25) is 0 Å². The first-order chi connectivity index (χ1) is 6.29. The molecule has 1 saturated carbocycles. The summed E-state index contributed by atoms with van der Waals surface area (Å²) in [7, 11) is 0. The Hall–Kier alpha value is -0.890. The van der Waals surface area contributed by atoms with Crippen LogP contribution >= 0.6 is 0 Å². The van der Waals surface area contributed by atoms with E-state index >= 15 is 0 Å². The van der Waals surface area contributed by atoms with Crippen molar-refractivity contribution in [3.63, 3.8) is 0 Å². The highest BCUT2D eigenvalue weighted by Crippen LogP contribution is 2.44. The lowest BCUT2D eigenvalue weighted by Crippen LogP contribution is -2.21. The molecule has 0 radical (unpaired) electrons. The normalized spacial score (nSPS) is 18.5. The van der Waals surface area contributed by atoms with Gasteiger partial charge in [0.05, 0.1) is 0 Å². The fraction of sp³-hybridized carbons (Fsp3) is 0.545. The standard InChI is InChI=1S/C11H16N2/c1-11(4-5-11)9-13-8-10-3-2-6-12-7-10/h2-3,6-7,13H,4-5,8-9H2,1H3. The van der Waals surface area contributed by atoms with Crippen molar-refractivity contribution < 1.29 is 0 Å². The molecule has 0 aromatic carbocycles. The van der Waals surface area contributed by atoms with E-state index in [0.717, 1.165) is 13.1 Å². The van der Waals surface area contributed by atoms with Gasteiger partial charge in [-0.05, 0) is 29.9 Å². The van der Waals surface area contributed by atoms with Gasteiger partial charge in [0.1, 0.15) is 0 Å². The van der Waals surface area contributed by atoms with Gasteiger partial charge in [-0.25, -0.2) is 0 Å². The summed E-state index contributed by atoms with van der Waals surface area (Å²) >= 11 is 0. The molecule has 1 aromatic heterocycles. The summed E-state index contributed by atoms with van der Waals surface area (Å²) in [6.45, 7) is 4.43. The third-order valence-electron chi connectivity index (χ3n) is 2.71. The van der Waals surface area contributed by atoms with E-state index in [1.54, 1.807) is 0 Å². The number of nitrogens with one attached hydrogen (secondary N) is 1. The van der Waals surface area contributed by atoms with Crippen molar-refractivity contribution in [2.45, 2.75) is 26.3 Å². The van der Waals surface area contributed by atoms with E-state index in [1.165, 1.54) is 18.4 Å². The van der Waals surface area contributed by atoms with Gasteiger partial charge in [0, 0.05) is 25.5 Å². The molecule has 1 N–H and O–H groups in total. The molecule has 0 saturated heterocycles. The second-order valence-electron chi connectivity index (χ2n) is 4.28. The van der Waals surface area contributed by atoms with E-state index in [0.29, 0.717) is 5.41 Å². The molecule has 13 heavy (non-hydrogen) atoms. The number of hydrogen-bond acceptors (Lipinski definition) is 2. The fourth-order valence-corrected chi connectivity index (χ4v) is 1.40. The molecule has 2 heteroatoms. The van der Waals surface area contributed by atoms with E-state index in [9.17, 15) is 0 Å². The van der Waals surface area contributed by atoms with Crippen LogP contribution in [0.5, 0.6) is 0 Å². The van der Waals surface area contributed by atoms with Gasteiger partial charge in [-0.2, -0.15) is 0 Å². The first kappa shape index (κ1) is 8.70. The summed E-state index contributed by atoms with van der Waals surface area (Å²) in [5.74, 6) is 0. The number of hydrogen-bond donors (Lipinski definition) is 1. The van der Waals surface area contributed by atoms with E-state index in [4.69, 9.17) is 0 Å². The van der Waals surface area contributed by atoms with Gasteiger partial charge >= 0.3 is 0 Å². The maximum atomic E-state index is 4.08. The minimum atomic E-state index is 0.599. The molecular formula is C11H16N2. The van der Waals surface area contributed by atoms with Crippen LogP contribution in [0, 0.1) is 5.41 Å². The predicted octanol–water partition coefficient (Wildman–Crippen LogP) is 1.97. The van der Waals surface area contributed by atoms with Crippen molar-refractivity contribution in [2.75, 3.05) is 6.54 Å². The lowest BCUT2D eigenvalue weighted by molar-refractivity contribution is 0.499. The van der Waals surface area contributed by atoms with Crippen LogP contribution in [0.15, 0.2) is 24.5 Å². The Morgan fingerprint density at radius 2 is 2.38 bits per heavy atom. The lowest BCUT2D eigenvalue weighted by atomic mass is 10.1. The van der Waals surface area contributed by atoms with Crippen molar-refractivity contribution >= 4 is 0 Å². The molecule has 70 valence electrons. The van der Waals surface area contributed by atoms with Crippen LogP contribution in [0.2, 0.25) is 0 Å². The average molecular weight is 176 g/mol. The number of aromatic nitrogens is 1. The van der Waals surface area contributed by atoms with Crippen LogP contribution in [0.4, 0.5) is 0 Å². The first-order valence-corrected chi connectivity index (χ1v) is 4.88. The molecule has 2 rings (SSSR count). The fourth-order valence-electron chi connectivity index (χ4n) is 1.40. The van der Waals surface area contributed by atoms with Gasteiger partial charge in [-0.1, -0.05) is 13.0 Å². The Balaban J connectivity index is 1.74. The number of nitrogens with zero attached hydrogens (tertiary/aromatic N) is 1. The molecule has 1 aliphatic rings. The van der Waals surface area contributed by atoms with Gasteiger partial charge in [0.15, 0.2) is 0 Å². The quantitative estimate of drug-likeness (QED) is 0.758. The van der Waals surface area contributed by atoms with E-state index in [1.807, 2.05) is 18.5 Å². The largest absolute Gasteiger partial charge is 0.312 e. The zero-order valence-corrected chi connectivity index (χ0v) is 8.09. The predicted molar refractivity (Wildman–Crippen MR) is 53.3 cm³/mol. The van der Waals surface area contributed by atoms with Gasteiger partial charge in [-0.15, -0.1) is 0 Å². The number of rotatable bonds is 4. The molecule has 0 bridgehead atoms. The van der Waals surface area contributed by atoms with Gasteiger partial charge in [0.25, 0.3) is 0 Å². The summed E-state index contributed by atoms with van der Waals surface area (Å²) in [6.07, 6.45) is 6.49. The Morgan fingerprint density at radius 1 is 1.54 bits per heavy atom. The summed E-state index contributed by atoms with van der Waals surface area (Å²) < 4.78 is 0. The van der Waals surface area contributed by atoms with Crippen LogP contribution in [-0.2, 0) is 6.54 Å². The summed E-state index contributed by atoms with van der Waals surface area (Å²) in [6, 6.07) is 4.09. The molecule has 0 atom stereocenters. The molecule has 0 unspecified atom stereocenters. The summed E-state index contributed by atoms with van der Waals surface area (Å²) in [4.78, 5) is 4.08. The van der Waals surface area contributed by atoms with Crippen LogP contribution in [-0.4, -0.2) is 11.5 Å². The Kier molecular flexibility index (Phi) is 2.32. The minimum absolute atomic E-state index is 0.599. The molecule has 0 spiro atoms. The third-order valence-corrected chi connectivity index (χ3v) is 2.71. The van der Waals surface area contributed by atoms with Crippen LogP contribution in [0.3, 0.4) is 0 Å². The number of pyridine rings is 1. The van der Waals surface area contributed by atoms with Crippen LogP contribution < -0.4 is 5.32 Å². The monoisotopic (exact) mass is 176 g/mol. The molecule has 1 aliphatic carbocycles. The van der Waals surface area contributed by atoms with Crippen molar-refractivity contribution in [1.82, 2.24) is 10.3 Å². The van der Waals surface area contributed by atoms with Crippen LogP contribution in [0.1, 0.15) is 25.3 Å².